The van der Waals surface area contributed by atoms with Gasteiger partial charge in [-0.25, -0.2) is 0 Å². The number of benzene rings is 1. The molecule has 0 saturated heterocycles. The summed E-state index contributed by atoms with van der Waals surface area (Å²) in [6, 6.07) is 3.43. The van der Waals surface area contributed by atoms with E-state index in [0.717, 1.165) is 5.56 Å². The molecule has 88 valence electrons. The molecule has 1 rings (SSSR count). The molecule has 3 N–H and O–H groups in total. The van der Waals surface area contributed by atoms with Gasteiger partial charge in [-0.1, -0.05) is 11.6 Å². The normalized spacial score (nSPS) is 10.0. The summed E-state index contributed by atoms with van der Waals surface area (Å²) in [5.74, 6) is 0.470. The molecule has 1 aromatic carbocycles. The third kappa shape index (κ3) is 3.12. The van der Waals surface area contributed by atoms with Crippen molar-refractivity contribution in [3.8, 4) is 5.75 Å². The number of ether oxygens (including phenoxy) is 1. The number of halogens is 1. The van der Waals surface area contributed by atoms with Gasteiger partial charge in [0.25, 0.3) is 0 Å². The Hall–Kier alpha value is -1.26. The Kier molecular flexibility index (Phi) is 4.58. The van der Waals surface area contributed by atoms with Gasteiger partial charge in [0.2, 0.25) is 5.91 Å². The van der Waals surface area contributed by atoms with E-state index < -0.39 is 0 Å². The second-order valence-corrected chi connectivity index (χ2v) is 3.83. The first-order valence-corrected chi connectivity index (χ1v) is 5.30. The topological polar surface area (TPSA) is 64.3 Å². The van der Waals surface area contributed by atoms with E-state index in [4.69, 9.17) is 22.1 Å². The molecule has 0 aromatic heterocycles. The van der Waals surface area contributed by atoms with E-state index in [9.17, 15) is 4.79 Å². The van der Waals surface area contributed by atoms with Crippen molar-refractivity contribution in [2.24, 2.45) is 5.73 Å². The largest absolute Gasteiger partial charge is 0.494 e. The van der Waals surface area contributed by atoms with Crippen molar-refractivity contribution in [2.75, 3.05) is 19.0 Å². The van der Waals surface area contributed by atoms with Crippen molar-refractivity contribution in [3.05, 3.63) is 22.7 Å². The van der Waals surface area contributed by atoms with Crippen LogP contribution in [0.25, 0.3) is 0 Å². The fourth-order valence-electron chi connectivity index (χ4n) is 1.44. The first-order valence-electron chi connectivity index (χ1n) is 4.92. The van der Waals surface area contributed by atoms with Crippen molar-refractivity contribution in [3.63, 3.8) is 0 Å². The molecular formula is C11H15ClN2O2. The number of nitrogens with one attached hydrogen (secondary N) is 1. The maximum Gasteiger partial charge on any atom is 0.225 e. The minimum Gasteiger partial charge on any atom is -0.494 e. The van der Waals surface area contributed by atoms with E-state index in [-0.39, 0.29) is 12.3 Å². The van der Waals surface area contributed by atoms with E-state index >= 15 is 0 Å². The molecule has 16 heavy (non-hydrogen) atoms. The SMILES string of the molecule is COc1c(C)cc(Cl)cc1NC(=O)CCN. The van der Waals surface area contributed by atoms with Crippen LogP contribution in [-0.2, 0) is 4.79 Å². The van der Waals surface area contributed by atoms with Crippen LogP contribution in [0.15, 0.2) is 12.1 Å². The highest BCUT2D eigenvalue weighted by atomic mass is 35.5. The first kappa shape index (κ1) is 12.8. The summed E-state index contributed by atoms with van der Waals surface area (Å²) in [6.45, 7) is 2.18. The van der Waals surface area contributed by atoms with Crippen LogP contribution >= 0.6 is 11.6 Å². The van der Waals surface area contributed by atoms with Crippen molar-refractivity contribution < 1.29 is 9.53 Å². The Labute approximate surface area is 99.7 Å². The Balaban J connectivity index is 2.97. The molecule has 0 aliphatic heterocycles. The number of carbonyl (C=O) groups is 1. The molecular weight excluding hydrogens is 228 g/mol. The Morgan fingerprint density at radius 3 is 2.81 bits per heavy atom. The highest BCUT2D eigenvalue weighted by molar-refractivity contribution is 6.31. The van der Waals surface area contributed by atoms with E-state index in [2.05, 4.69) is 5.32 Å². The minimum atomic E-state index is -0.150. The molecule has 0 saturated carbocycles. The smallest absolute Gasteiger partial charge is 0.225 e. The third-order valence-corrected chi connectivity index (χ3v) is 2.31. The average molecular weight is 243 g/mol. The standard InChI is InChI=1S/C11H15ClN2O2/c1-7-5-8(12)6-9(11(7)16-2)14-10(15)3-4-13/h5-6H,3-4,13H2,1-2H3,(H,14,15). The molecule has 1 aromatic rings. The lowest BCUT2D eigenvalue weighted by Gasteiger charge is -2.12. The van der Waals surface area contributed by atoms with Crippen LogP contribution in [0.5, 0.6) is 5.75 Å². The van der Waals surface area contributed by atoms with Crippen molar-refractivity contribution >= 4 is 23.2 Å². The van der Waals surface area contributed by atoms with Crippen LogP contribution in [0.1, 0.15) is 12.0 Å². The lowest BCUT2D eigenvalue weighted by atomic mass is 10.2. The number of methoxy groups -OCH3 is 1. The second kappa shape index (κ2) is 5.72. The lowest BCUT2D eigenvalue weighted by molar-refractivity contribution is -0.116. The second-order valence-electron chi connectivity index (χ2n) is 3.39. The van der Waals surface area contributed by atoms with Crippen molar-refractivity contribution in [1.82, 2.24) is 0 Å². The van der Waals surface area contributed by atoms with Gasteiger partial charge in [-0.2, -0.15) is 0 Å². The number of anilines is 1. The number of carbonyl (C=O) groups excluding carboxylic acids is 1. The summed E-state index contributed by atoms with van der Waals surface area (Å²) in [7, 11) is 1.55. The highest BCUT2D eigenvalue weighted by Gasteiger charge is 2.10. The molecule has 0 fully saturated rings. The predicted molar refractivity (Wildman–Crippen MR) is 65.0 cm³/mol. The Bertz CT molecular complexity index is 394. The number of hydrogen-bond donors (Lipinski definition) is 2. The highest BCUT2D eigenvalue weighted by Crippen LogP contribution is 2.31. The number of rotatable bonds is 4. The van der Waals surface area contributed by atoms with Gasteiger partial charge in [-0.05, 0) is 24.6 Å². The monoisotopic (exact) mass is 242 g/mol. The van der Waals surface area contributed by atoms with E-state index in [1.165, 1.54) is 0 Å². The Morgan fingerprint density at radius 2 is 2.25 bits per heavy atom. The molecule has 0 radical (unpaired) electrons. The molecule has 5 heteroatoms. The van der Waals surface area contributed by atoms with Gasteiger partial charge in [-0.15, -0.1) is 0 Å². The maximum absolute atomic E-state index is 11.4. The quantitative estimate of drug-likeness (QED) is 0.848. The summed E-state index contributed by atoms with van der Waals surface area (Å²) in [4.78, 5) is 11.4. The summed E-state index contributed by atoms with van der Waals surface area (Å²) in [5, 5.41) is 3.27. The van der Waals surface area contributed by atoms with Gasteiger partial charge >= 0.3 is 0 Å². The molecule has 0 heterocycles. The fourth-order valence-corrected chi connectivity index (χ4v) is 1.71. The predicted octanol–water partition coefficient (Wildman–Crippen LogP) is 1.94. The number of nitrogens with two attached hydrogens (primary N) is 1. The zero-order valence-corrected chi connectivity index (χ0v) is 10.1. The fraction of sp³-hybridized carbons (Fsp3) is 0.364. The summed E-state index contributed by atoms with van der Waals surface area (Å²) >= 11 is 5.91. The van der Waals surface area contributed by atoms with Crippen LogP contribution in [0, 0.1) is 6.92 Å². The molecule has 0 aliphatic rings. The van der Waals surface area contributed by atoms with Crippen LogP contribution in [-0.4, -0.2) is 19.6 Å². The van der Waals surface area contributed by atoms with Crippen molar-refractivity contribution in [2.45, 2.75) is 13.3 Å². The molecule has 0 aliphatic carbocycles. The van der Waals surface area contributed by atoms with Gasteiger partial charge in [0.05, 0.1) is 12.8 Å². The first-order chi connectivity index (χ1) is 7.58. The summed E-state index contributed by atoms with van der Waals surface area (Å²) < 4.78 is 5.21. The van der Waals surface area contributed by atoms with Gasteiger partial charge in [-0.3, -0.25) is 4.79 Å². The number of hydrogen-bond acceptors (Lipinski definition) is 3. The Morgan fingerprint density at radius 1 is 1.56 bits per heavy atom. The van der Waals surface area contributed by atoms with Gasteiger partial charge in [0.15, 0.2) is 0 Å². The molecule has 0 bridgehead atoms. The molecule has 0 spiro atoms. The third-order valence-electron chi connectivity index (χ3n) is 2.09. The van der Waals surface area contributed by atoms with Gasteiger partial charge < -0.3 is 15.8 Å². The van der Waals surface area contributed by atoms with Crippen LogP contribution in [0.4, 0.5) is 5.69 Å². The van der Waals surface area contributed by atoms with Gasteiger partial charge in [0, 0.05) is 18.0 Å². The summed E-state index contributed by atoms with van der Waals surface area (Å²) in [5.41, 5.74) is 6.74. The van der Waals surface area contributed by atoms with E-state index in [0.29, 0.717) is 23.0 Å². The number of aryl methyl sites for hydroxylation is 1. The molecule has 1 amide bonds. The minimum absolute atomic E-state index is 0.150. The van der Waals surface area contributed by atoms with Crippen LogP contribution in [0.2, 0.25) is 5.02 Å². The van der Waals surface area contributed by atoms with E-state index in [1.54, 1.807) is 19.2 Å². The zero-order valence-electron chi connectivity index (χ0n) is 9.34. The van der Waals surface area contributed by atoms with Crippen LogP contribution in [0.3, 0.4) is 0 Å². The lowest BCUT2D eigenvalue weighted by Crippen LogP contribution is -2.16. The summed E-state index contributed by atoms with van der Waals surface area (Å²) in [6.07, 6.45) is 0.273. The molecule has 4 nitrogen and oxygen atoms in total. The maximum atomic E-state index is 11.4. The van der Waals surface area contributed by atoms with E-state index in [1.807, 2.05) is 6.92 Å². The number of amides is 1. The van der Waals surface area contributed by atoms with Crippen molar-refractivity contribution in [1.29, 1.82) is 0 Å². The molecule has 0 unspecified atom stereocenters. The van der Waals surface area contributed by atoms with Crippen LogP contribution < -0.4 is 15.8 Å². The van der Waals surface area contributed by atoms with Gasteiger partial charge in [0.1, 0.15) is 5.75 Å². The molecule has 0 atom stereocenters. The average Bonchev–Trinajstić information content (AvgIpc) is 2.17. The zero-order chi connectivity index (χ0) is 12.1.